The fourth-order valence-electron chi connectivity index (χ4n) is 1.18. The van der Waals surface area contributed by atoms with Gasteiger partial charge in [-0.1, -0.05) is 26.8 Å². The number of allylic oxidation sites excluding steroid dienone is 1. The van der Waals surface area contributed by atoms with E-state index in [9.17, 15) is 4.79 Å². The molecule has 0 aliphatic heterocycles. The van der Waals surface area contributed by atoms with Gasteiger partial charge in [-0.2, -0.15) is 0 Å². The predicted molar refractivity (Wildman–Crippen MR) is 62.6 cm³/mol. The summed E-state index contributed by atoms with van der Waals surface area (Å²) in [7, 11) is 0. The van der Waals surface area contributed by atoms with Gasteiger partial charge < -0.3 is 10.4 Å². The van der Waals surface area contributed by atoms with Crippen molar-refractivity contribution in [2.75, 3.05) is 6.54 Å². The van der Waals surface area contributed by atoms with Crippen LogP contribution in [0.2, 0.25) is 0 Å². The third-order valence-electron chi connectivity index (χ3n) is 1.94. The average molecular weight is 211 g/mol. The summed E-state index contributed by atoms with van der Waals surface area (Å²) >= 11 is 0. The zero-order valence-electron chi connectivity index (χ0n) is 10.1. The Hall–Kier alpha value is -1.25. The zero-order valence-corrected chi connectivity index (χ0v) is 10.1. The van der Waals surface area contributed by atoms with Crippen molar-refractivity contribution in [2.24, 2.45) is 5.41 Å². The van der Waals surface area contributed by atoms with Crippen molar-refractivity contribution < 1.29 is 9.90 Å². The first kappa shape index (κ1) is 13.8. The highest BCUT2D eigenvalue weighted by atomic mass is 16.4. The Morgan fingerprint density at radius 2 is 2.00 bits per heavy atom. The highest BCUT2D eigenvalue weighted by Crippen LogP contribution is 2.24. The molecule has 0 radical (unpaired) electrons. The Morgan fingerprint density at radius 3 is 2.33 bits per heavy atom. The van der Waals surface area contributed by atoms with Crippen molar-refractivity contribution >= 4 is 5.97 Å². The molecule has 0 atom stereocenters. The van der Waals surface area contributed by atoms with Crippen LogP contribution < -0.4 is 5.32 Å². The molecule has 0 rings (SSSR count). The summed E-state index contributed by atoms with van der Waals surface area (Å²) < 4.78 is 0. The van der Waals surface area contributed by atoms with E-state index in [0.717, 1.165) is 12.1 Å². The van der Waals surface area contributed by atoms with E-state index in [1.54, 1.807) is 13.0 Å². The van der Waals surface area contributed by atoms with Gasteiger partial charge in [0.2, 0.25) is 0 Å². The number of hydrogen-bond donors (Lipinski definition) is 2. The summed E-state index contributed by atoms with van der Waals surface area (Å²) in [5, 5.41) is 12.0. The Morgan fingerprint density at radius 1 is 1.47 bits per heavy atom. The van der Waals surface area contributed by atoms with E-state index in [1.807, 2.05) is 0 Å². The van der Waals surface area contributed by atoms with Crippen molar-refractivity contribution in [3.8, 4) is 0 Å². The SMILES string of the molecule is C=CCN/C(CC(C)(C)C)=C(\C)C(=O)O. The van der Waals surface area contributed by atoms with Crippen molar-refractivity contribution in [1.29, 1.82) is 0 Å². The Kier molecular flexibility index (Phi) is 5.12. The van der Waals surface area contributed by atoms with E-state index < -0.39 is 5.97 Å². The van der Waals surface area contributed by atoms with Crippen LogP contribution >= 0.6 is 0 Å². The number of aliphatic carboxylic acids is 1. The van der Waals surface area contributed by atoms with Gasteiger partial charge in [0.15, 0.2) is 0 Å². The van der Waals surface area contributed by atoms with E-state index in [2.05, 4.69) is 32.7 Å². The molecule has 0 spiro atoms. The van der Waals surface area contributed by atoms with Gasteiger partial charge >= 0.3 is 5.97 Å². The van der Waals surface area contributed by atoms with E-state index in [-0.39, 0.29) is 5.41 Å². The van der Waals surface area contributed by atoms with E-state index in [1.165, 1.54) is 0 Å². The lowest BCUT2D eigenvalue weighted by atomic mass is 9.89. The fourth-order valence-corrected chi connectivity index (χ4v) is 1.18. The minimum Gasteiger partial charge on any atom is -0.478 e. The molecule has 2 N–H and O–H groups in total. The van der Waals surface area contributed by atoms with Gasteiger partial charge in [0.25, 0.3) is 0 Å². The molecule has 0 saturated heterocycles. The van der Waals surface area contributed by atoms with Crippen LogP contribution in [0.25, 0.3) is 0 Å². The van der Waals surface area contributed by atoms with Crippen LogP contribution in [-0.4, -0.2) is 17.6 Å². The fraction of sp³-hybridized carbons (Fsp3) is 0.583. The molecular weight excluding hydrogens is 190 g/mol. The number of carbonyl (C=O) groups is 1. The summed E-state index contributed by atoms with van der Waals surface area (Å²) in [5.41, 5.74) is 1.24. The maximum atomic E-state index is 10.9. The summed E-state index contributed by atoms with van der Waals surface area (Å²) in [6.07, 6.45) is 2.44. The summed E-state index contributed by atoms with van der Waals surface area (Å²) in [6, 6.07) is 0. The van der Waals surface area contributed by atoms with Gasteiger partial charge in [-0.25, -0.2) is 4.79 Å². The van der Waals surface area contributed by atoms with Crippen molar-refractivity contribution in [3.05, 3.63) is 23.9 Å². The monoisotopic (exact) mass is 211 g/mol. The molecule has 0 amide bonds. The predicted octanol–water partition coefficient (Wildman–Crippen LogP) is 2.56. The Bertz CT molecular complexity index is 272. The average Bonchev–Trinajstić information content (AvgIpc) is 2.09. The molecule has 3 heteroatoms. The molecule has 0 aromatic heterocycles. The molecule has 0 bridgehead atoms. The van der Waals surface area contributed by atoms with Crippen LogP contribution in [0.1, 0.15) is 34.1 Å². The second-order valence-electron chi connectivity index (χ2n) is 4.82. The molecule has 0 unspecified atom stereocenters. The first-order valence-corrected chi connectivity index (χ1v) is 5.05. The lowest BCUT2D eigenvalue weighted by molar-refractivity contribution is -0.132. The summed E-state index contributed by atoms with van der Waals surface area (Å²) in [6.45, 7) is 12.1. The van der Waals surface area contributed by atoms with Crippen LogP contribution in [0.5, 0.6) is 0 Å². The lowest BCUT2D eigenvalue weighted by Gasteiger charge is -2.22. The third-order valence-corrected chi connectivity index (χ3v) is 1.94. The molecule has 15 heavy (non-hydrogen) atoms. The number of hydrogen-bond acceptors (Lipinski definition) is 2. The molecule has 3 nitrogen and oxygen atoms in total. The van der Waals surface area contributed by atoms with E-state index >= 15 is 0 Å². The highest BCUT2D eigenvalue weighted by molar-refractivity contribution is 5.86. The molecule has 0 aromatic rings. The first-order chi connectivity index (χ1) is 6.78. The number of nitrogens with one attached hydrogen (secondary N) is 1. The van der Waals surface area contributed by atoms with Crippen molar-refractivity contribution in [1.82, 2.24) is 5.32 Å². The minimum absolute atomic E-state index is 0.0697. The van der Waals surface area contributed by atoms with Gasteiger partial charge in [0.1, 0.15) is 0 Å². The molecule has 0 aromatic carbocycles. The summed E-state index contributed by atoms with van der Waals surface area (Å²) in [5.74, 6) is -0.870. The highest BCUT2D eigenvalue weighted by Gasteiger charge is 2.17. The second-order valence-corrected chi connectivity index (χ2v) is 4.82. The minimum atomic E-state index is -0.870. The second kappa shape index (κ2) is 5.59. The van der Waals surface area contributed by atoms with Crippen molar-refractivity contribution in [2.45, 2.75) is 34.1 Å². The van der Waals surface area contributed by atoms with Gasteiger partial charge in [-0.05, 0) is 18.8 Å². The van der Waals surface area contributed by atoms with E-state index in [4.69, 9.17) is 5.11 Å². The van der Waals surface area contributed by atoms with Gasteiger partial charge in [-0.3, -0.25) is 0 Å². The third kappa shape index (κ3) is 5.94. The maximum Gasteiger partial charge on any atom is 0.333 e. The molecular formula is C12H21NO2. The van der Waals surface area contributed by atoms with Crippen LogP contribution in [-0.2, 0) is 4.79 Å². The first-order valence-electron chi connectivity index (χ1n) is 5.05. The summed E-state index contributed by atoms with van der Waals surface area (Å²) in [4.78, 5) is 10.9. The van der Waals surface area contributed by atoms with Gasteiger partial charge in [0.05, 0.1) is 5.57 Å². The number of carboxylic acid groups (broad SMARTS) is 1. The van der Waals surface area contributed by atoms with Crippen molar-refractivity contribution in [3.63, 3.8) is 0 Å². The maximum absolute atomic E-state index is 10.9. The molecule has 86 valence electrons. The standard InChI is InChI=1S/C12H21NO2/c1-6-7-13-10(8-12(3,4)5)9(2)11(14)15/h6,13H,1,7-8H2,2-5H3,(H,14,15)/b10-9+. The molecule has 0 heterocycles. The Labute approximate surface area is 91.9 Å². The van der Waals surface area contributed by atoms with Crippen LogP contribution in [0.3, 0.4) is 0 Å². The molecule has 0 saturated carbocycles. The molecule has 0 aliphatic carbocycles. The quantitative estimate of drug-likeness (QED) is 0.542. The van der Waals surface area contributed by atoms with Crippen LogP contribution in [0.15, 0.2) is 23.9 Å². The molecule has 0 fully saturated rings. The lowest BCUT2D eigenvalue weighted by Crippen LogP contribution is -2.22. The van der Waals surface area contributed by atoms with Gasteiger partial charge in [0, 0.05) is 12.2 Å². The topological polar surface area (TPSA) is 49.3 Å². The number of carboxylic acids is 1. The zero-order chi connectivity index (χ0) is 12.1. The van der Waals surface area contributed by atoms with Crippen LogP contribution in [0, 0.1) is 5.41 Å². The Balaban J connectivity index is 4.80. The largest absolute Gasteiger partial charge is 0.478 e. The van der Waals surface area contributed by atoms with Crippen LogP contribution in [0.4, 0.5) is 0 Å². The van der Waals surface area contributed by atoms with E-state index in [0.29, 0.717) is 12.1 Å². The van der Waals surface area contributed by atoms with Gasteiger partial charge in [-0.15, -0.1) is 6.58 Å². The molecule has 0 aliphatic rings. The number of rotatable bonds is 5. The smallest absolute Gasteiger partial charge is 0.333 e. The normalized spacial score (nSPS) is 13.1.